The molecule has 0 radical (unpaired) electrons. The van der Waals surface area contributed by atoms with Crippen LogP contribution in [-0.2, 0) is 0 Å². The third kappa shape index (κ3) is 2.95. The molecule has 0 aliphatic carbocycles. The van der Waals surface area contributed by atoms with E-state index in [4.69, 9.17) is 4.98 Å². The van der Waals surface area contributed by atoms with E-state index < -0.39 is 0 Å². The Kier molecular flexibility index (Phi) is 3.98. The lowest BCUT2D eigenvalue weighted by atomic mass is 10.1. The number of fused-ring (bicyclic) bond motifs is 1. The number of nitrogens with one attached hydrogen (secondary N) is 2. The van der Waals surface area contributed by atoms with Crippen LogP contribution in [0.25, 0.3) is 16.9 Å². The van der Waals surface area contributed by atoms with Crippen LogP contribution >= 0.6 is 0 Å². The molecule has 8 nitrogen and oxygen atoms in total. The Morgan fingerprint density at radius 2 is 1.92 bits per heavy atom. The van der Waals surface area contributed by atoms with E-state index in [1.165, 1.54) is 0 Å². The fourth-order valence-corrected chi connectivity index (χ4v) is 2.54. The van der Waals surface area contributed by atoms with E-state index in [1.807, 2.05) is 59.1 Å². The summed E-state index contributed by atoms with van der Waals surface area (Å²) in [6.07, 6.45) is 3.56. The smallest absolute Gasteiger partial charge is 0.274 e. The Bertz CT molecular complexity index is 1150. The van der Waals surface area contributed by atoms with Gasteiger partial charge in [-0.05, 0) is 19.1 Å². The van der Waals surface area contributed by atoms with Crippen LogP contribution in [0.3, 0.4) is 0 Å². The highest BCUT2D eigenvalue weighted by Gasteiger charge is 2.11. The maximum atomic E-state index is 11.6. The van der Waals surface area contributed by atoms with E-state index >= 15 is 0 Å². The van der Waals surface area contributed by atoms with Crippen molar-refractivity contribution in [1.82, 2.24) is 24.6 Å². The van der Waals surface area contributed by atoms with Crippen LogP contribution in [0.1, 0.15) is 11.4 Å². The second kappa shape index (κ2) is 6.60. The van der Waals surface area contributed by atoms with Gasteiger partial charge in [0, 0.05) is 11.8 Å². The molecule has 4 rings (SSSR count). The summed E-state index contributed by atoms with van der Waals surface area (Å²) in [6.45, 7) is 1.59. The van der Waals surface area contributed by atoms with Crippen LogP contribution < -0.4 is 11.0 Å². The summed E-state index contributed by atoms with van der Waals surface area (Å²) < 4.78 is 1.94. The van der Waals surface area contributed by atoms with E-state index in [0.717, 1.165) is 22.6 Å². The van der Waals surface area contributed by atoms with E-state index in [0.29, 0.717) is 5.69 Å². The molecule has 3 heterocycles. The zero-order valence-electron chi connectivity index (χ0n) is 13.9. The molecule has 0 spiro atoms. The lowest BCUT2D eigenvalue weighted by Gasteiger charge is -2.01. The van der Waals surface area contributed by atoms with Crippen molar-refractivity contribution in [2.24, 2.45) is 5.10 Å². The van der Waals surface area contributed by atoms with Gasteiger partial charge in [-0.25, -0.2) is 10.4 Å². The summed E-state index contributed by atoms with van der Waals surface area (Å²) in [5.74, 6) is 0.173. The van der Waals surface area contributed by atoms with Gasteiger partial charge in [0.1, 0.15) is 11.3 Å². The summed E-state index contributed by atoms with van der Waals surface area (Å²) in [6, 6.07) is 15.7. The molecule has 0 atom stereocenters. The predicted octanol–water partition coefficient (Wildman–Crippen LogP) is 2.23. The number of pyridine rings is 1. The number of aromatic nitrogens is 5. The van der Waals surface area contributed by atoms with Gasteiger partial charge in [-0.1, -0.05) is 36.4 Å². The SMILES string of the molecule is Cc1nnc(N/N=C/c2c(-c3ccccc3)nc3ccccn23)[nH]c1=O. The van der Waals surface area contributed by atoms with Crippen LogP contribution in [0.5, 0.6) is 0 Å². The Labute approximate surface area is 148 Å². The third-order valence-electron chi connectivity index (χ3n) is 3.83. The van der Waals surface area contributed by atoms with Crippen LogP contribution in [0.15, 0.2) is 64.6 Å². The minimum Gasteiger partial charge on any atom is -0.298 e. The first-order chi connectivity index (χ1) is 12.7. The second-order valence-corrected chi connectivity index (χ2v) is 5.60. The number of H-pyrrole nitrogens is 1. The molecule has 1 aromatic carbocycles. The lowest BCUT2D eigenvalue weighted by Crippen LogP contribution is -2.15. The molecule has 0 unspecified atom stereocenters. The minimum atomic E-state index is -0.308. The highest BCUT2D eigenvalue weighted by Crippen LogP contribution is 2.23. The molecule has 26 heavy (non-hydrogen) atoms. The highest BCUT2D eigenvalue weighted by atomic mass is 16.1. The Hall–Kier alpha value is -3.81. The lowest BCUT2D eigenvalue weighted by molar-refractivity contribution is 0.897. The standard InChI is InChI=1S/C18H15N7O/c1-12-17(26)21-18(24-22-12)23-19-11-14-16(13-7-3-2-4-8-13)20-15-9-5-6-10-25(14)15/h2-11H,1H3,(H2,21,23,24,26)/b19-11+. The van der Waals surface area contributed by atoms with Crippen LogP contribution in [-0.4, -0.2) is 30.8 Å². The highest BCUT2D eigenvalue weighted by molar-refractivity contribution is 5.89. The number of benzene rings is 1. The molecule has 2 N–H and O–H groups in total. The average Bonchev–Trinajstić information content (AvgIpc) is 3.04. The van der Waals surface area contributed by atoms with E-state index in [9.17, 15) is 4.79 Å². The summed E-state index contributed by atoms with van der Waals surface area (Å²) in [5, 5.41) is 11.8. The van der Waals surface area contributed by atoms with Crippen LogP contribution in [0, 0.1) is 6.92 Å². The zero-order chi connectivity index (χ0) is 17.9. The predicted molar refractivity (Wildman–Crippen MR) is 99.2 cm³/mol. The van der Waals surface area contributed by atoms with E-state index in [1.54, 1.807) is 13.1 Å². The molecule has 128 valence electrons. The maximum absolute atomic E-state index is 11.6. The van der Waals surface area contributed by atoms with Gasteiger partial charge in [-0.15, -0.1) is 10.2 Å². The molecule has 0 aliphatic heterocycles. The van der Waals surface area contributed by atoms with Crippen molar-refractivity contribution in [2.75, 3.05) is 5.43 Å². The fraction of sp³-hybridized carbons (Fsp3) is 0.0556. The monoisotopic (exact) mass is 345 g/mol. The van der Waals surface area contributed by atoms with Gasteiger partial charge in [0.15, 0.2) is 0 Å². The number of rotatable bonds is 4. The van der Waals surface area contributed by atoms with Crippen LogP contribution in [0.2, 0.25) is 0 Å². The maximum Gasteiger partial charge on any atom is 0.274 e. The summed E-state index contributed by atoms with van der Waals surface area (Å²) in [7, 11) is 0. The van der Waals surface area contributed by atoms with Gasteiger partial charge < -0.3 is 0 Å². The number of hydrazone groups is 1. The second-order valence-electron chi connectivity index (χ2n) is 5.60. The van der Waals surface area contributed by atoms with E-state index in [-0.39, 0.29) is 11.5 Å². The summed E-state index contributed by atoms with van der Waals surface area (Å²) in [4.78, 5) is 18.8. The Morgan fingerprint density at radius 3 is 2.73 bits per heavy atom. The summed E-state index contributed by atoms with van der Waals surface area (Å²) >= 11 is 0. The first-order valence-corrected chi connectivity index (χ1v) is 7.97. The van der Waals surface area contributed by atoms with Crippen molar-refractivity contribution in [1.29, 1.82) is 0 Å². The van der Waals surface area contributed by atoms with Gasteiger partial charge in [0.2, 0.25) is 5.95 Å². The van der Waals surface area contributed by atoms with Gasteiger partial charge in [0.05, 0.1) is 17.6 Å². The molecule has 8 heteroatoms. The molecule has 3 aromatic heterocycles. The normalized spacial score (nSPS) is 11.3. The zero-order valence-corrected chi connectivity index (χ0v) is 13.9. The van der Waals surface area contributed by atoms with Crippen molar-refractivity contribution < 1.29 is 0 Å². The molecule has 4 aromatic rings. The fourth-order valence-electron chi connectivity index (χ4n) is 2.54. The molecular weight excluding hydrogens is 330 g/mol. The molecule has 0 saturated heterocycles. The van der Waals surface area contributed by atoms with Crippen molar-refractivity contribution in [3.8, 4) is 11.3 Å². The largest absolute Gasteiger partial charge is 0.298 e. The Morgan fingerprint density at radius 1 is 1.12 bits per heavy atom. The number of anilines is 1. The van der Waals surface area contributed by atoms with Gasteiger partial charge in [0.25, 0.3) is 5.56 Å². The molecule has 0 amide bonds. The van der Waals surface area contributed by atoms with Gasteiger partial charge >= 0.3 is 0 Å². The van der Waals surface area contributed by atoms with Crippen molar-refractivity contribution in [2.45, 2.75) is 6.92 Å². The topological polar surface area (TPSA) is 100 Å². The van der Waals surface area contributed by atoms with Gasteiger partial charge in [-0.2, -0.15) is 5.10 Å². The summed E-state index contributed by atoms with van der Waals surface area (Å²) in [5.41, 5.74) is 6.11. The minimum absolute atomic E-state index is 0.173. The molecule has 0 aliphatic rings. The van der Waals surface area contributed by atoms with Crippen molar-refractivity contribution >= 4 is 17.8 Å². The van der Waals surface area contributed by atoms with Gasteiger partial charge in [-0.3, -0.25) is 14.2 Å². The first kappa shape index (κ1) is 15.7. The van der Waals surface area contributed by atoms with Crippen molar-refractivity contribution in [3.63, 3.8) is 0 Å². The number of imidazole rings is 1. The quantitative estimate of drug-likeness (QED) is 0.436. The molecular formula is C18H15N7O. The number of aryl methyl sites for hydroxylation is 1. The average molecular weight is 345 g/mol. The van der Waals surface area contributed by atoms with Crippen LogP contribution in [0.4, 0.5) is 5.95 Å². The molecule has 0 bridgehead atoms. The third-order valence-corrected chi connectivity index (χ3v) is 3.83. The number of hydrogen-bond acceptors (Lipinski definition) is 6. The number of hydrogen-bond donors (Lipinski definition) is 2. The number of nitrogens with zero attached hydrogens (tertiary/aromatic N) is 5. The Balaban J connectivity index is 1.73. The molecule has 0 saturated carbocycles. The number of aromatic amines is 1. The van der Waals surface area contributed by atoms with E-state index in [2.05, 4.69) is 25.7 Å². The molecule has 0 fully saturated rings. The van der Waals surface area contributed by atoms with Crippen molar-refractivity contribution in [3.05, 3.63) is 76.5 Å². The first-order valence-electron chi connectivity index (χ1n) is 7.97.